The van der Waals surface area contributed by atoms with E-state index in [0.717, 1.165) is 22.3 Å². The van der Waals surface area contributed by atoms with E-state index in [1.807, 2.05) is 66.7 Å². The van der Waals surface area contributed by atoms with E-state index in [1.165, 1.54) is 0 Å². The number of hydrogen-bond donors (Lipinski definition) is 0. The van der Waals surface area contributed by atoms with Crippen LogP contribution in [0.15, 0.2) is 97.1 Å². The van der Waals surface area contributed by atoms with Gasteiger partial charge in [0.25, 0.3) is 0 Å². The Morgan fingerprint density at radius 3 is 1.57 bits per heavy atom. The van der Waals surface area contributed by atoms with E-state index in [1.54, 1.807) is 0 Å². The summed E-state index contributed by atoms with van der Waals surface area (Å²) in [4.78, 5) is 0. The first-order chi connectivity index (χ1) is 11.4. The molecule has 0 N–H and O–H groups in total. The van der Waals surface area contributed by atoms with Crippen LogP contribution in [0.4, 0.5) is 0 Å². The number of hydrogen-bond acceptors (Lipinski definition) is 1. The molecule has 3 aromatic carbocycles. The van der Waals surface area contributed by atoms with Crippen LogP contribution in [0.3, 0.4) is 0 Å². The van der Waals surface area contributed by atoms with E-state index < -0.39 is 0 Å². The summed E-state index contributed by atoms with van der Waals surface area (Å²) >= 11 is 0. The molecular weight excluding hydrogens is 278 g/mol. The van der Waals surface area contributed by atoms with Crippen molar-refractivity contribution in [1.82, 2.24) is 0 Å². The molecule has 0 radical (unpaired) electrons. The highest BCUT2D eigenvalue weighted by Gasteiger charge is 2.11. The van der Waals surface area contributed by atoms with Gasteiger partial charge in [0.15, 0.2) is 0 Å². The Morgan fingerprint density at radius 1 is 0.696 bits per heavy atom. The lowest BCUT2D eigenvalue weighted by Crippen LogP contribution is -1.95. The van der Waals surface area contributed by atoms with Crippen LogP contribution >= 0.6 is 0 Å². The molecule has 0 heterocycles. The second-order valence-electron chi connectivity index (χ2n) is 5.33. The van der Waals surface area contributed by atoms with Gasteiger partial charge in [-0.2, -0.15) is 5.26 Å². The Labute approximate surface area is 137 Å². The predicted molar refractivity (Wildman–Crippen MR) is 94.8 cm³/mol. The Balaban J connectivity index is 2.10. The van der Waals surface area contributed by atoms with Crippen LogP contribution in [0.2, 0.25) is 0 Å². The van der Waals surface area contributed by atoms with Crippen molar-refractivity contribution in [3.8, 4) is 6.07 Å². The third kappa shape index (κ3) is 3.56. The van der Waals surface area contributed by atoms with Crippen LogP contribution in [0, 0.1) is 11.3 Å². The Hall–Kier alpha value is -3.11. The molecule has 0 fully saturated rings. The van der Waals surface area contributed by atoms with Gasteiger partial charge in [-0.1, -0.05) is 97.1 Å². The van der Waals surface area contributed by atoms with Crippen LogP contribution in [-0.2, 0) is 0 Å². The molecule has 3 rings (SSSR count). The van der Waals surface area contributed by atoms with E-state index in [0.29, 0.717) is 0 Å². The quantitative estimate of drug-likeness (QED) is 0.630. The number of nitrogens with zero attached hydrogens (tertiary/aromatic N) is 1. The molecule has 1 nitrogen and oxygen atoms in total. The maximum Gasteiger partial charge on any atom is 0.0902 e. The summed E-state index contributed by atoms with van der Waals surface area (Å²) in [5.41, 5.74) is 4.34. The van der Waals surface area contributed by atoms with Crippen LogP contribution in [-0.4, -0.2) is 0 Å². The lowest BCUT2D eigenvalue weighted by molar-refractivity contribution is 1.09. The topological polar surface area (TPSA) is 23.8 Å². The molecule has 0 saturated heterocycles. The zero-order chi connectivity index (χ0) is 15.9. The summed E-state index contributed by atoms with van der Waals surface area (Å²) in [5, 5.41) is 9.63. The fraction of sp³-hybridized carbons (Fsp3) is 0.0455. The van der Waals surface area contributed by atoms with Crippen LogP contribution in [0.5, 0.6) is 0 Å². The van der Waals surface area contributed by atoms with Gasteiger partial charge in [-0.15, -0.1) is 0 Å². The number of benzene rings is 3. The van der Waals surface area contributed by atoms with Gasteiger partial charge in [0.05, 0.1) is 12.0 Å². The molecule has 23 heavy (non-hydrogen) atoms. The lowest BCUT2D eigenvalue weighted by Gasteiger charge is -2.12. The molecule has 3 aromatic rings. The molecule has 0 aliphatic carbocycles. The first kappa shape index (κ1) is 14.8. The summed E-state index contributed by atoms with van der Waals surface area (Å²) in [6.07, 6.45) is 2.06. The van der Waals surface area contributed by atoms with E-state index >= 15 is 0 Å². The average molecular weight is 295 g/mol. The summed E-state index contributed by atoms with van der Waals surface area (Å²) in [7, 11) is 0. The van der Waals surface area contributed by atoms with Gasteiger partial charge in [-0.05, 0) is 22.3 Å². The molecule has 0 aliphatic heterocycles. The molecule has 1 heteroatoms. The van der Waals surface area contributed by atoms with E-state index in [-0.39, 0.29) is 5.92 Å². The van der Waals surface area contributed by atoms with Crippen LogP contribution in [0.25, 0.3) is 5.57 Å². The first-order valence-electron chi connectivity index (χ1n) is 7.66. The second-order valence-corrected chi connectivity index (χ2v) is 5.33. The van der Waals surface area contributed by atoms with Crippen molar-refractivity contribution in [3.63, 3.8) is 0 Å². The summed E-state index contributed by atoms with van der Waals surface area (Å²) in [6.45, 7) is 0. The van der Waals surface area contributed by atoms with Gasteiger partial charge < -0.3 is 0 Å². The minimum absolute atomic E-state index is 0.272. The maximum absolute atomic E-state index is 9.63. The van der Waals surface area contributed by atoms with E-state index in [2.05, 4.69) is 36.4 Å². The SMILES string of the molecule is N#C[C@H](C=C(c1ccccc1)c1ccccc1)c1ccccc1. The predicted octanol–water partition coefficient (Wildman–Crippen LogP) is 5.43. The molecule has 0 spiro atoms. The van der Waals surface area contributed by atoms with Crippen molar-refractivity contribution < 1.29 is 0 Å². The zero-order valence-electron chi connectivity index (χ0n) is 12.8. The minimum Gasteiger partial charge on any atom is -0.197 e. The molecule has 0 amide bonds. The van der Waals surface area contributed by atoms with Gasteiger partial charge in [0.1, 0.15) is 0 Å². The maximum atomic E-state index is 9.63. The zero-order valence-corrected chi connectivity index (χ0v) is 12.8. The van der Waals surface area contributed by atoms with Gasteiger partial charge in [0, 0.05) is 0 Å². The monoisotopic (exact) mass is 295 g/mol. The lowest BCUT2D eigenvalue weighted by atomic mass is 9.91. The Morgan fingerprint density at radius 2 is 1.13 bits per heavy atom. The third-order valence-corrected chi connectivity index (χ3v) is 3.80. The minimum atomic E-state index is -0.272. The molecule has 0 unspecified atom stereocenters. The standard InChI is InChI=1S/C22H17N/c23-17-21(18-10-4-1-5-11-18)16-22(19-12-6-2-7-13-19)20-14-8-3-9-15-20/h1-16,21H/t21-/m0/s1. The highest BCUT2D eigenvalue weighted by Crippen LogP contribution is 2.28. The number of allylic oxidation sites excluding steroid dienone is 1. The van der Waals surface area contributed by atoms with Gasteiger partial charge in [-0.3, -0.25) is 0 Å². The molecule has 0 bridgehead atoms. The van der Waals surface area contributed by atoms with E-state index in [4.69, 9.17) is 0 Å². The second kappa shape index (κ2) is 7.24. The molecule has 110 valence electrons. The van der Waals surface area contributed by atoms with Crippen molar-refractivity contribution in [2.24, 2.45) is 0 Å². The van der Waals surface area contributed by atoms with Crippen LogP contribution in [0.1, 0.15) is 22.6 Å². The van der Waals surface area contributed by atoms with Crippen molar-refractivity contribution in [2.45, 2.75) is 5.92 Å². The highest BCUT2D eigenvalue weighted by atomic mass is 14.3. The molecule has 0 saturated carbocycles. The first-order valence-corrected chi connectivity index (χ1v) is 7.66. The fourth-order valence-electron chi connectivity index (χ4n) is 2.63. The van der Waals surface area contributed by atoms with Gasteiger partial charge in [0.2, 0.25) is 0 Å². The van der Waals surface area contributed by atoms with Crippen molar-refractivity contribution >= 4 is 5.57 Å². The molecule has 0 aliphatic rings. The normalized spacial score (nSPS) is 11.3. The Bertz CT molecular complexity index is 771. The highest BCUT2D eigenvalue weighted by molar-refractivity contribution is 5.80. The van der Waals surface area contributed by atoms with Gasteiger partial charge >= 0.3 is 0 Å². The summed E-state index contributed by atoms with van der Waals surface area (Å²) in [5.74, 6) is -0.272. The van der Waals surface area contributed by atoms with E-state index in [9.17, 15) is 5.26 Å². The molecular formula is C22H17N. The van der Waals surface area contributed by atoms with Crippen molar-refractivity contribution in [3.05, 3.63) is 114 Å². The molecule has 1 atom stereocenters. The Kier molecular flexibility index (Phi) is 4.66. The van der Waals surface area contributed by atoms with Crippen molar-refractivity contribution in [1.29, 1.82) is 5.26 Å². The number of nitriles is 1. The largest absolute Gasteiger partial charge is 0.197 e. The average Bonchev–Trinajstić information content (AvgIpc) is 2.65. The smallest absolute Gasteiger partial charge is 0.0902 e. The summed E-state index contributed by atoms with van der Waals surface area (Å²) < 4.78 is 0. The van der Waals surface area contributed by atoms with Crippen LogP contribution < -0.4 is 0 Å². The third-order valence-electron chi connectivity index (χ3n) is 3.80. The van der Waals surface area contributed by atoms with Crippen molar-refractivity contribution in [2.75, 3.05) is 0 Å². The van der Waals surface area contributed by atoms with Gasteiger partial charge in [-0.25, -0.2) is 0 Å². The summed E-state index contributed by atoms with van der Waals surface area (Å²) in [6, 6.07) is 32.7. The molecule has 0 aromatic heterocycles. The fourth-order valence-corrected chi connectivity index (χ4v) is 2.63. The number of rotatable bonds is 4.